The number of urea groups is 1. The molecule has 4 rings (SSSR count). The first-order chi connectivity index (χ1) is 15.0. The average Bonchev–Trinajstić information content (AvgIpc) is 3.13. The van der Waals surface area contributed by atoms with Crippen molar-refractivity contribution in [1.82, 2.24) is 5.32 Å². The van der Waals surface area contributed by atoms with E-state index in [1.165, 1.54) is 6.08 Å². The number of barbiturate groups is 1. The summed E-state index contributed by atoms with van der Waals surface area (Å²) in [5, 5.41) is 2.20. The summed E-state index contributed by atoms with van der Waals surface area (Å²) < 4.78 is 17.3. The number of rotatable bonds is 5. The molecule has 0 bridgehead atoms. The number of carbonyl (C=O) groups is 3. The highest BCUT2D eigenvalue weighted by Gasteiger charge is 2.37. The van der Waals surface area contributed by atoms with Gasteiger partial charge < -0.3 is 18.8 Å². The van der Waals surface area contributed by atoms with E-state index in [1.54, 1.807) is 30.3 Å². The summed E-state index contributed by atoms with van der Waals surface area (Å²) >= 11 is 3.46. The number of nitrogens with one attached hydrogen (secondary N) is 1. The Morgan fingerprint density at radius 2 is 1.87 bits per heavy atom. The van der Waals surface area contributed by atoms with E-state index in [0.717, 1.165) is 4.90 Å². The summed E-state index contributed by atoms with van der Waals surface area (Å²) in [5.74, 6) is 0.00106. The van der Waals surface area contributed by atoms with Gasteiger partial charge in [0.05, 0.1) is 30.0 Å². The van der Waals surface area contributed by atoms with Crippen molar-refractivity contribution in [3.63, 3.8) is 0 Å². The topological polar surface area (TPSA) is 101 Å². The largest absolute Gasteiger partial charge is 0.494 e. The fourth-order valence-electron chi connectivity index (χ4n) is 3.32. The molecule has 31 heavy (non-hydrogen) atoms. The van der Waals surface area contributed by atoms with E-state index >= 15 is 0 Å². The molecule has 1 aromatic carbocycles. The molecular formula is C21H20BrN3O6. The van der Waals surface area contributed by atoms with E-state index in [9.17, 15) is 14.4 Å². The number of amides is 4. The van der Waals surface area contributed by atoms with Crippen LogP contribution in [0.2, 0.25) is 0 Å². The summed E-state index contributed by atoms with van der Waals surface area (Å²) in [6.07, 6.45) is 1.33. The van der Waals surface area contributed by atoms with Crippen molar-refractivity contribution in [2.75, 3.05) is 42.7 Å². The quantitative estimate of drug-likeness (QED) is 0.508. The van der Waals surface area contributed by atoms with Gasteiger partial charge in [-0.25, -0.2) is 9.69 Å². The van der Waals surface area contributed by atoms with Gasteiger partial charge in [0.2, 0.25) is 5.88 Å². The summed E-state index contributed by atoms with van der Waals surface area (Å²) in [6.45, 7) is 4.86. The van der Waals surface area contributed by atoms with Crippen molar-refractivity contribution >= 4 is 51.4 Å². The van der Waals surface area contributed by atoms with E-state index in [2.05, 4.69) is 21.2 Å². The zero-order chi connectivity index (χ0) is 22.0. The normalized spacial score (nSPS) is 18.5. The summed E-state index contributed by atoms with van der Waals surface area (Å²) in [5.41, 5.74) is 0.113. The third-order valence-corrected chi connectivity index (χ3v) is 5.35. The van der Waals surface area contributed by atoms with E-state index < -0.39 is 17.8 Å². The second kappa shape index (κ2) is 8.94. The standard InChI is InChI=1S/C21H20BrN3O6/c1-2-30-14-5-3-13(4-6-14)25-19(27)16(18(26)23-21(25)28)11-15-12-17(22)20(31-15)24-7-9-29-10-8-24/h3-6,11-12H,2,7-10H2,1H3,(H,23,26,28). The maximum absolute atomic E-state index is 13.0. The molecule has 0 radical (unpaired) electrons. The fourth-order valence-corrected chi connectivity index (χ4v) is 3.88. The van der Waals surface area contributed by atoms with Crippen molar-refractivity contribution in [2.24, 2.45) is 0 Å². The first-order valence-electron chi connectivity index (χ1n) is 9.74. The number of imide groups is 2. The molecule has 0 aliphatic carbocycles. The van der Waals surface area contributed by atoms with Gasteiger partial charge in [-0.1, -0.05) is 0 Å². The zero-order valence-corrected chi connectivity index (χ0v) is 18.3. The third kappa shape index (κ3) is 4.35. The summed E-state index contributed by atoms with van der Waals surface area (Å²) in [7, 11) is 0. The predicted octanol–water partition coefficient (Wildman–Crippen LogP) is 2.94. The lowest BCUT2D eigenvalue weighted by atomic mass is 10.1. The molecule has 2 aliphatic heterocycles. The number of morpholine rings is 1. The van der Waals surface area contributed by atoms with Gasteiger partial charge >= 0.3 is 6.03 Å². The molecule has 2 saturated heterocycles. The van der Waals surface area contributed by atoms with E-state index in [-0.39, 0.29) is 5.57 Å². The number of anilines is 2. The first-order valence-corrected chi connectivity index (χ1v) is 10.5. The average molecular weight is 490 g/mol. The SMILES string of the molecule is CCOc1ccc(N2C(=O)NC(=O)C(=Cc3cc(Br)c(N4CCOCC4)o3)C2=O)cc1. The molecular weight excluding hydrogens is 470 g/mol. The van der Waals surface area contributed by atoms with Gasteiger partial charge in [-0.15, -0.1) is 0 Å². The number of ether oxygens (including phenoxy) is 2. The van der Waals surface area contributed by atoms with Crippen LogP contribution in [0.25, 0.3) is 6.08 Å². The van der Waals surface area contributed by atoms with E-state index in [4.69, 9.17) is 13.9 Å². The molecule has 2 aromatic rings. The molecule has 4 amide bonds. The highest BCUT2D eigenvalue weighted by molar-refractivity contribution is 9.10. The van der Waals surface area contributed by atoms with Gasteiger partial charge in [0.1, 0.15) is 17.1 Å². The molecule has 2 fully saturated rings. The van der Waals surface area contributed by atoms with Gasteiger partial charge in [-0.05, 0) is 53.2 Å². The number of halogens is 1. The molecule has 2 aliphatic rings. The Balaban J connectivity index is 1.62. The molecule has 3 heterocycles. The molecule has 1 N–H and O–H groups in total. The number of furan rings is 1. The maximum atomic E-state index is 13.0. The maximum Gasteiger partial charge on any atom is 0.335 e. The molecule has 162 valence electrons. The van der Waals surface area contributed by atoms with Crippen LogP contribution in [0.1, 0.15) is 12.7 Å². The lowest BCUT2D eigenvalue weighted by Gasteiger charge is -2.27. The van der Waals surface area contributed by atoms with Crippen molar-refractivity contribution in [3.05, 3.63) is 46.1 Å². The van der Waals surface area contributed by atoms with Crippen LogP contribution in [-0.4, -0.2) is 50.8 Å². The lowest BCUT2D eigenvalue weighted by molar-refractivity contribution is -0.122. The summed E-state index contributed by atoms with van der Waals surface area (Å²) in [6, 6.07) is 7.32. The van der Waals surface area contributed by atoms with Crippen LogP contribution in [0.15, 0.2) is 44.8 Å². The van der Waals surface area contributed by atoms with Gasteiger partial charge in [-0.2, -0.15) is 0 Å². The van der Waals surface area contributed by atoms with Crippen LogP contribution in [0.3, 0.4) is 0 Å². The van der Waals surface area contributed by atoms with Crippen molar-refractivity contribution in [2.45, 2.75) is 6.92 Å². The van der Waals surface area contributed by atoms with Crippen LogP contribution < -0.4 is 19.9 Å². The second-order valence-electron chi connectivity index (χ2n) is 6.79. The molecule has 0 saturated carbocycles. The van der Waals surface area contributed by atoms with Crippen molar-refractivity contribution < 1.29 is 28.3 Å². The van der Waals surface area contributed by atoms with E-state index in [1.807, 2.05) is 11.8 Å². The Bertz CT molecular complexity index is 1040. The number of hydrogen-bond donors (Lipinski definition) is 1. The molecule has 0 spiro atoms. The molecule has 0 unspecified atom stereocenters. The second-order valence-corrected chi connectivity index (χ2v) is 7.64. The number of carbonyl (C=O) groups excluding carboxylic acids is 3. The Morgan fingerprint density at radius 3 is 2.55 bits per heavy atom. The van der Waals surface area contributed by atoms with Gasteiger partial charge in [0.25, 0.3) is 11.8 Å². The smallest absolute Gasteiger partial charge is 0.335 e. The van der Waals surface area contributed by atoms with Gasteiger partial charge in [0.15, 0.2) is 0 Å². The monoisotopic (exact) mass is 489 g/mol. The predicted molar refractivity (Wildman–Crippen MR) is 116 cm³/mol. The summed E-state index contributed by atoms with van der Waals surface area (Å²) in [4.78, 5) is 40.7. The third-order valence-electron chi connectivity index (χ3n) is 4.78. The van der Waals surface area contributed by atoms with Crippen molar-refractivity contribution in [3.8, 4) is 5.75 Å². The molecule has 0 atom stereocenters. The zero-order valence-electron chi connectivity index (χ0n) is 16.7. The number of nitrogens with zero attached hydrogens (tertiary/aromatic N) is 2. The fraction of sp³-hybridized carbons (Fsp3) is 0.286. The minimum Gasteiger partial charge on any atom is -0.494 e. The van der Waals surface area contributed by atoms with Gasteiger partial charge in [0, 0.05) is 19.2 Å². The molecule has 1 aromatic heterocycles. The molecule has 9 nitrogen and oxygen atoms in total. The Hall–Kier alpha value is -3.11. The Morgan fingerprint density at radius 1 is 1.16 bits per heavy atom. The number of benzene rings is 1. The lowest BCUT2D eigenvalue weighted by Crippen LogP contribution is -2.54. The van der Waals surface area contributed by atoms with Crippen LogP contribution in [0.4, 0.5) is 16.4 Å². The number of hydrogen-bond acceptors (Lipinski definition) is 7. The van der Waals surface area contributed by atoms with Crippen LogP contribution in [0, 0.1) is 0 Å². The Labute approximate surface area is 186 Å². The van der Waals surface area contributed by atoms with Crippen LogP contribution in [-0.2, 0) is 14.3 Å². The highest BCUT2D eigenvalue weighted by atomic mass is 79.9. The minimum absolute atomic E-state index is 0.205. The highest BCUT2D eigenvalue weighted by Crippen LogP contribution is 2.32. The van der Waals surface area contributed by atoms with Gasteiger partial charge in [-0.3, -0.25) is 14.9 Å². The van der Waals surface area contributed by atoms with E-state index in [0.29, 0.717) is 60.5 Å². The first kappa shape index (κ1) is 21.1. The van der Waals surface area contributed by atoms with Crippen LogP contribution >= 0.6 is 15.9 Å². The molecule has 10 heteroatoms. The minimum atomic E-state index is -0.814. The van der Waals surface area contributed by atoms with Crippen LogP contribution in [0.5, 0.6) is 5.75 Å². The van der Waals surface area contributed by atoms with Crippen molar-refractivity contribution in [1.29, 1.82) is 0 Å². The Kier molecular flexibility index (Phi) is 6.10.